The van der Waals surface area contributed by atoms with Crippen molar-refractivity contribution in [3.05, 3.63) is 102 Å². The lowest BCUT2D eigenvalue weighted by Gasteiger charge is -2.31. The summed E-state index contributed by atoms with van der Waals surface area (Å²) in [6.07, 6.45) is 0.526. The molecule has 0 bridgehead atoms. The number of hydrogen-bond donors (Lipinski definition) is 9. The first-order valence-electron chi connectivity index (χ1n) is 25.1. The Morgan fingerprint density at radius 2 is 1.31 bits per heavy atom. The molecule has 0 spiro atoms. The Morgan fingerprint density at radius 1 is 0.743 bits per heavy atom. The average molecular weight is 1050 g/mol. The highest BCUT2D eigenvalue weighted by Gasteiger charge is 2.39. The Balaban J connectivity index is 1.59. The molecule has 21 heteroatoms. The van der Waals surface area contributed by atoms with E-state index in [9.17, 15) is 38.7 Å². The van der Waals surface area contributed by atoms with Crippen molar-refractivity contribution in [2.75, 3.05) is 32.0 Å². The zero-order valence-corrected chi connectivity index (χ0v) is 44.2. The average Bonchev–Trinajstić information content (AvgIpc) is 3.87. The molecule has 7 amide bonds. The van der Waals surface area contributed by atoms with Gasteiger partial charge in [0, 0.05) is 36.6 Å². The predicted molar refractivity (Wildman–Crippen MR) is 284 cm³/mol. The lowest BCUT2D eigenvalue weighted by molar-refractivity contribution is -0.142. The number of benzene rings is 3. The number of aliphatic hydroxyl groups excluding tert-OH is 1. The number of likely N-dealkylation sites (tertiary alicyclic amines) is 1. The van der Waals surface area contributed by atoms with Crippen molar-refractivity contribution < 1.29 is 48.1 Å². The van der Waals surface area contributed by atoms with Gasteiger partial charge in [-0.3, -0.25) is 33.8 Å². The molecule has 0 aliphatic carbocycles. The monoisotopic (exact) mass is 1040 g/mol. The Labute approximate surface area is 438 Å². The van der Waals surface area contributed by atoms with E-state index < -0.39 is 78.5 Å². The van der Waals surface area contributed by atoms with Crippen molar-refractivity contribution >= 4 is 59.3 Å². The van der Waals surface area contributed by atoms with Crippen LogP contribution in [0.1, 0.15) is 90.3 Å². The fourth-order valence-electron chi connectivity index (χ4n) is 7.87. The molecule has 1 saturated heterocycles. The highest BCUT2D eigenvalue weighted by atomic mass is 32.2. The number of carbonyl (C=O) groups is 7. The maximum Gasteiger partial charge on any atom is 0.408 e. The largest absolute Gasteiger partial charge is 0.489 e. The molecule has 3 aromatic rings. The van der Waals surface area contributed by atoms with Crippen LogP contribution in [0, 0.1) is 5.92 Å². The maximum absolute atomic E-state index is 14.5. The summed E-state index contributed by atoms with van der Waals surface area (Å²) in [6.45, 7) is 11.6. The van der Waals surface area contributed by atoms with E-state index in [4.69, 9.17) is 20.9 Å². The third kappa shape index (κ3) is 20.9. The molecule has 1 heterocycles. The molecule has 0 unspecified atom stereocenters. The number of amides is 7. The van der Waals surface area contributed by atoms with Crippen LogP contribution in [-0.4, -0.2) is 130 Å². The normalized spacial score (nSPS) is 15.3. The summed E-state index contributed by atoms with van der Waals surface area (Å²) in [4.78, 5) is 103. The molecule has 404 valence electrons. The third-order valence-corrected chi connectivity index (χ3v) is 13.0. The minimum Gasteiger partial charge on any atom is -0.489 e. The number of thioether (sulfide) groups is 1. The minimum absolute atomic E-state index is 0.0800. The molecule has 11 N–H and O–H groups in total. The van der Waals surface area contributed by atoms with Gasteiger partial charge in [0.05, 0.1) is 6.61 Å². The Hall–Kier alpha value is -6.87. The van der Waals surface area contributed by atoms with E-state index in [0.717, 1.165) is 5.56 Å². The van der Waals surface area contributed by atoms with Gasteiger partial charge in [-0.15, -0.1) is 0 Å². The van der Waals surface area contributed by atoms with Crippen LogP contribution in [0.5, 0.6) is 5.75 Å². The van der Waals surface area contributed by atoms with Crippen LogP contribution < -0.4 is 48.1 Å². The molecular weight excluding hydrogens is 969 g/mol. The molecule has 0 aromatic heterocycles. The van der Waals surface area contributed by atoms with Gasteiger partial charge in [0.15, 0.2) is 5.96 Å². The van der Waals surface area contributed by atoms with Crippen LogP contribution in [0.2, 0.25) is 0 Å². The summed E-state index contributed by atoms with van der Waals surface area (Å²) in [5.41, 5.74) is 13.4. The third-order valence-electron chi connectivity index (χ3n) is 11.7. The fourth-order valence-corrected chi connectivity index (χ4v) is 8.77. The van der Waals surface area contributed by atoms with Crippen LogP contribution >= 0.6 is 11.8 Å². The zero-order valence-electron chi connectivity index (χ0n) is 43.4. The van der Waals surface area contributed by atoms with E-state index in [1.54, 1.807) is 55.5 Å². The van der Waals surface area contributed by atoms with Gasteiger partial charge in [-0.1, -0.05) is 107 Å². The number of rotatable bonds is 28. The molecule has 0 radical (unpaired) electrons. The lowest BCUT2D eigenvalue weighted by Crippen LogP contribution is -2.60. The number of aliphatic hydroxyl groups is 1. The van der Waals surface area contributed by atoms with Gasteiger partial charge in [-0.2, -0.15) is 11.8 Å². The fraction of sp³-hybridized carbons (Fsp3) is 0.509. The second-order valence-corrected chi connectivity index (χ2v) is 21.2. The molecule has 1 fully saturated rings. The first-order valence-corrected chi connectivity index (χ1v) is 26.1. The smallest absolute Gasteiger partial charge is 0.408 e. The van der Waals surface area contributed by atoms with Crippen LogP contribution in [0.3, 0.4) is 0 Å². The van der Waals surface area contributed by atoms with Crippen LogP contribution in [0.25, 0.3) is 0 Å². The van der Waals surface area contributed by atoms with Crippen LogP contribution in [0.15, 0.2) is 89.9 Å². The molecule has 3 aromatic carbocycles. The number of nitrogens with zero attached hydrogens (tertiary/aromatic N) is 2. The summed E-state index contributed by atoms with van der Waals surface area (Å²) in [5, 5.41) is 26.6. The number of guanidine groups is 1. The van der Waals surface area contributed by atoms with Crippen molar-refractivity contribution in [1.29, 1.82) is 0 Å². The number of nitrogens with one attached hydrogen (secondary N) is 6. The number of alkyl carbamates (subject to hydrolysis) is 1. The number of hydrogen-bond acceptors (Lipinski definition) is 12. The van der Waals surface area contributed by atoms with Crippen molar-refractivity contribution in [3.8, 4) is 5.75 Å². The molecular formula is C53H76N10O10S. The summed E-state index contributed by atoms with van der Waals surface area (Å²) in [7, 11) is 0. The standard InChI is InChI=1S/C53H76N10O10S/c1-7-56-49(69)44-21-15-27-63(44)50(70)39(20-14-26-57-51(54)55)58-48(68)43(33-74-53(4,5)6)61-45(65)40(28-34(2)3)59-46(66)41(29-35-22-24-38(25-23-35)72-31-36-16-10-8-11-17-36)60-47(67)42(30-64)62-52(71)73-32-37-18-12-9-13-19-37/h8-13,16-19,22-25,34,39-44,64H,7,14-15,20-21,26-33H2,1-6H3,(H,56,69)(H,58,68)(H,59,66)(H,60,67)(H,61,65)(H,62,71)(H4,54,55,57)/t39-,40+,41-,42-,43-,44-/m0/s1. The first kappa shape index (κ1) is 59.7. The van der Waals surface area contributed by atoms with E-state index in [1.165, 1.54) is 16.7 Å². The number of aliphatic imine (C=N–C) groups is 1. The topological polar surface area (TPSA) is 298 Å². The number of nitrogens with two attached hydrogens (primary N) is 2. The van der Waals surface area contributed by atoms with Crippen molar-refractivity contribution in [2.24, 2.45) is 22.4 Å². The van der Waals surface area contributed by atoms with E-state index in [-0.39, 0.29) is 60.7 Å². The number of carbonyl (C=O) groups excluding carboxylic acids is 7. The Bertz CT molecular complexity index is 2310. The second-order valence-electron chi connectivity index (χ2n) is 19.4. The number of likely N-dealkylation sites (N-methyl/N-ethyl adjacent to an activating group) is 1. The molecule has 6 atom stereocenters. The van der Waals surface area contributed by atoms with Gasteiger partial charge in [-0.25, -0.2) is 4.79 Å². The molecule has 20 nitrogen and oxygen atoms in total. The van der Waals surface area contributed by atoms with E-state index in [2.05, 4.69) is 36.9 Å². The Morgan fingerprint density at radius 3 is 1.91 bits per heavy atom. The second kappa shape index (κ2) is 30.4. The molecule has 1 aliphatic rings. The summed E-state index contributed by atoms with van der Waals surface area (Å²) in [5.74, 6) is -3.43. The van der Waals surface area contributed by atoms with Gasteiger partial charge >= 0.3 is 6.09 Å². The maximum atomic E-state index is 14.5. The predicted octanol–water partition coefficient (Wildman–Crippen LogP) is 2.79. The Kier molecular flexibility index (Phi) is 24.5. The minimum atomic E-state index is -1.52. The van der Waals surface area contributed by atoms with Gasteiger partial charge in [-0.05, 0) is 73.8 Å². The van der Waals surface area contributed by atoms with E-state index >= 15 is 0 Å². The highest BCUT2D eigenvalue weighted by molar-refractivity contribution is 8.00. The zero-order chi connectivity index (χ0) is 54.2. The first-order chi connectivity index (χ1) is 35.3. The van der Waals surface area contributed by atoms with E-state index in [1.807, 2.05) is 71.0 Å². The van der Waals surface area contributed by atoms with Crippen LogP contribution in [0.4, 0.5) is 4.79 Å². The molecule has 4 rings (SSSR count). The van der Waals surface area contributed by atoms with Crippen molar-refractivity contribution in [1.82, 2.24) is 36.8 Å². The highest BCUT2D eigenvalue weighted by Crippen LogP contribution is 2.25. The lowest BCUT2D eigenvalue weighted by atomic mass is 10.0. The summed E-state index contributed by atoms with van der Waals surface area (Å²) >= 11 is 1.40. The van der Waals surface area contributed by atoms with Gasteiger partial charge in [0.2, 0.25) is 35.4 Å². The van der Waals surface area contributed by atoms with Gasteiger partial charge in [0.1, 0.15) is 55.2 Å². The molecule has 74 heavy (non-hydrogen) atoms. The van der Waals surface area contributed by atoms with Crippen molar-refractivity contribution in [3.63, 3.8) is 0 Å². The SMILES string of the molecule is CCNC(=O)[C@@H]1CCCN1C(=O)[C@H](CCCN=C(N)N)NC(=O)[C@H](CSC(C)(C)C)NC(=O)[C@@H](CC(C)C)NC(=O)[C@H](Cc1ccc(OCc2ccccc2)cc1)NC(=O)[C@H](CO)NC(=O)OCc1ccccc1. The van der Waals surface area contributed by atoms with Crippen molar-refractivity contribution in [2.45, 2.75) is 134 Å². The van der Waals surface area contributed by atoms with Gasteiger partial charge < -0.3 is 62.8 Å². The van der Waals surface area contributed by atoms with Gasteiger partial charge in [0.25, 0.3) is 0 Å². The van der Waals surface area contributed by atoms with Crippen LogP contribution in [-0.2, 0) is 53.1 Å². The van der Waals surface area contributed by atoms with E-state index in [0.29, 0.717) is 55.8 Å². The summed E-state index contributed by atoms with van der Waals surface area (Å²) < 4.78 is 10.9. The molecule has 0 saturated carbocycles. The summed E-state index contributed by atoms with van der Waals surface area (Å²) in [6, 6.07) is 18.2. The quantitative estimate of drug-likeness (QED) is 0.0288. The number of ether oxygens (including phenoxy) is 2. The molecule has 1 aliphatic heterocycles.